The van der Waals surface area contributed by atoms with E-state index in [1.807, 2.05) is 36.4 Å². The molecular weight excluding hydrogens is 494 g/mol. The summed E-state index contributed by atoms with van der Waals surface area (Å²) in [4.78, 5) is 17.3. The van der Waals surface area contributed by atoms with Gasteiger partial charge in [0.1, 0.15) is 23.4 Å². The van der Waals surface area contributed by atoms with Crippen molar-refractivity contribution in [2.45, 2.75) is 57.1 Å². The number of fused-ring (bicyclic) bond motifs is 1. The topological polar surface area (TPSA) is 70.0 Å². The standard InChI is InChI=1S/C32H33NO4S/c34-23-12-8-22(9-13-23)32-30(26-17-14-24(35)20-29(26)38-32)31(36)21-10-15-25(16-11-21)37-28-7-3-2-6-27(28)33-18-4-1-5-19-33/h8-17,20,27-28,34-35H,1-7,18-19H2. The molecule has 6 rings (SSSR count). The van der Waals surface area contributed by atoms with E-state index < -0.39 is 0 Å². The van der Waals surface area contributed by atoms with Crippen LogP contribution in [0.25, 0.3) is 20.5 Å². The molecular formula is C32H33NO4S. The van der Waals surface area contributed by atoms with Gasteiger partial charge in [-0.2, -0.15) is 0 Å². The number of hydrogen-bond acceptors (Lipinski definition) is 6. The SMILES string of the molecule is O=C(c1ccc(OC2CCCCC2N2CCCCC2)cc1)c1c(-c2ccc(O)cc2)sc2cc(O)ccc12. The summed E-state index contributed by atoms with van der Waals surface area (Å²) in [6.07, 6.45) is 8.83. The van der Waals surface area contributed by atoms with Gasteiger partial charge in [-0.05, 0) is 117 Å². The van der Waals surface area contributed by atoms with E-state index in [1.54, 1.807) is 30.3 Å². The molecule has 1 aliphatic heterocycles. The molecule has 2 aliphatic rings. The number of carbonyl (C=O) groups is 1. The molecule has 196 valence electrons. The number of hydrogen-bond donors (Lipinski definition) is 2. The fourth-order valence-electron chi connectivity index (χ4n) is 6.01. The molecule has 0 amide bonds. The number of phenolic OH excluding ortho intramolecular Hbond substituents is 2. The number of ketones is 1. The molecule has 38 heavy (non-hydrogen) atoms. The van der Waals surface area contributed by atoms with Crippen LogP contribution in [0.15, 0.2) is 66.7 Å². The Bertz CT molecular complexity index is 1420. The smallest absolute Gasteiger partial charge is 0.195 e. The van der Waals surface area contributed by atoms with E-state index in [0.717, 1.165) is 32.7 Å². The van der Waals surface area contributed by atoms with Crippen molar-refractivity contribution in [3.63, 3.8) is 0 Å². The van der Waals surface area contributed by atoms with Gasteiger partial charge in [-0.3, -0.25) is 9.69 Å². The molecule has 2 fully saturated rings. The second-order valence-corrected chi connectivity index (χ2v) is 11.5. The maximum Gasteiger partial charge on any atom is 0.195 e. The van der Waals surface area contributed by atoms with Crippen LogP contribution in [0, 0.1) is 0 Å². The zero-order chi connectivity index (χ0) is 26.1. The number of benzene rings is 3. The number of thiophene rings is 1. The number of piperidine rings is 1. The van der Waals surface area contributed by atoms with Crippen LogP contribution in [-0.4, -0.2) is 46.1 Å². The van der Waals surface area contributed by atoms with Crippen molar-refractivity contribution in [1.29, 1.82) is 0 Å². The van der Waals surface area contributed by atoms with Crippen molar-refractivity contribution in [1.82, 2.24) is 4.90 Å². The third-order valence-electron chi connectivity index (χ3n) is 7.96. The lowest BCUT2D eigenvalue weighted by molar-refractivity contribution is 0.0261. The minimum atomic E-state index is -0.0691. The lowest BCUT2D eigenvalue weighted by Gasteiger charge is -2.41. The van der Waals surface area contributed by atoms with Crippen LogP contribution in [0.2, 0.25) is 0 Å². The molecule has 2 atom stereocenters. The van der Waals surface area contributed by atoms with Crippen LogP contribution >= 0.6 is 11.3 Å². The Morgan fingerprint density at radius 3 is 2.29 bits per heavy atom. The molecule has 6 heteroatoms. The number of phenols is 2. The maximum absolute atomic E-state index is 13.9. The molecule has 0 radical (unpaired) electrons. The minimum absolute atomic E-state index is 0.0691. The van der Waals surface area contributed by atoms with Gasteiger partial charge in [-0.25, -0.2) is 0 Å². The summed E-state index contributed by atoms with van der Waals surface area (Å²) in [5, 5.41) is 20.6. The third kappa shape index (κ3) is 5.03. The summed E-state index contributed by atoms with van der Waals surface area (Å²) in [6.45, 7) is 2.35. The summed E-state index contributed by atoms with van der Waals surface area (Å²) >= 11 is 1.47. The molecule has 1 aliphatic carbocycles. The first-order valence-electron chi connectivity index (χ1n) is 13.7. The Morgan fingerprint density at radius 1 is 0.816 bits per heavy atom. The zero-order valence-corrected chi connectivity index (χ0v) is 22.3. The molecule has 2 N–H and O–H groups in total. The molecule has 0 bridgehead atoms. The zero-order valence-electron chi connectivity index (χ0n) is 21.4. The molecule has 1 saturated carbocycles. The van der Waals surface area contributed by atoms with Gasteiger partial charge < -0.3 is 14.9 Å². The fraction of sp³-hybridized carbons (Fsp3) is 0.344. The van der Waals surface area contributed by atoms with Crippen molar-refractivity contribution >= 4 is 27.2 Å². The average Bonchev–Trinajstić information content (AvgIpc) is 3.33. The van der Waals surface area contributed by atoms with Gasteiger partial charge in [-0.15, -0.1) is 11.3 Å². The summed E-state index contributed by atoms with van der Waals surface area (Å²) in [6, 6.07) is 20.1. The Balaban J connectivity index is 1.27. The predicted molar refractivity (Wildman–Crippen MR) is 153 cm³/mol. The van der Waals surface area contributed by atoms with Gasteiger partial charge in [0.15, 0.2) is 5.78 Å². The lowest BCUT2D eigenvalue weighted by Crippen LogP contribution is -2.49. The number of likely N-dealkylation sites (tertiary alicyclic amines) is 1. The largest absolute Gasteiger partial charge is 0.508 e. The number of nitrogens with zero attached hydrogens (tertiary/aromatic N) is 1. The fourth-order valence-corrected chi connectivity index (χ4v) is 7.25. The molecule has 1 aromatic heterocycles. The molecule has 3 aromatic carbocycles. The van der Waals surface area contributed by atoms with Crippen LogP contribution in [0.1, 0.15) is 60.9 Å². The van der Waals surface area contributed by atoms with Gasteiger partial charge >= 0.3 is 0 Å². The van der Waals surface area contributed by atoms with Crippen molar-refractivity contribution < 1.29 is 19.7 Å². The van der Waals surface area contributed by atoms with Gasteiger partial charge in [0, 0.05) is 32.1 Å². The van der Waals surface area contributed by atoms with Crippen LogP contribution in [0.3, 0.4) is 0 Å². The number of rotatable bonds is 6. The van der Waals surface area contributed by atoms with E-state index in [-0.39, 0.29) is 23.4 Å². The molecule has 2 unspecified atom stereocenters. The monoisotopic (exact) mass is 527 g/mol. The highest BCUT2D eigenvalue weighted by molar-refractivity contribution is 7.22. The number of carbonyl (C=O) groups excluding carboxylic acids is 1. The van der Waals surface area contributed by atoms with E-state index in [9.17, 15) is 15.0 Å². The van der Waals surface area contributed by atoms with Crippen LogP contribution in [0.5, 0.6) is 17.2 Å². The highest BCUT2D eigenvalue weighted by atomic mass is 32.1. The third-order valence-corrected chi connectivity index (χ3v) is 9.16. The van der Waals surface area contributed by atoms with Crippen LogP contribution < -0.4 is 4.74 Å². The van der Waals surface area contributed by atoms with Crippen LogP contribution in [-0.2, 0) is 0 Å². The average molecular weight is 528 g/mol. The van der Waals surface area contributed by atoms with E-state index in [0.29, 0.717) is 17.2 Å². The Labute approximate surface area is 227 Å². The van der Waals surface area contributed by atoms with Gasteiger partial charge in [-0.1, -0.05) is 12.8 Å². The summed E-state index contributed by atoms with van der Waals surface area (Å²) in [5.74, 6) is 1.09. The maximum atomic E-state index is 13.9. The van der Waals surface area contributed by atoms with E-state index >= 15 is 0 Å². The normalized spacial score (nSPS) is 20.4. The first kappa shape index (κ1) is 25.0. The lowest BCUT2D eigenvalue weighted by atomic mass is 9.90. The predicted octanol–water partition coefficient (Wildman–Crippen LogP) is 7.39. The number of aromatic hydroxyl groups is 2. The van der Waals surface area contributed by atoms with Gasteiger partial charge in [0.2, 0.25) is 0 Å². The molecule has 1 saturated heterocycles. The Morgan fingerprint density at radius 2 is 1.53 bits per heavy atom. The van der Waals surface area contributed by atoms with Crippen molar-refractivity contribution in [2.24, 2.45) is 0 Å². The Hall–Kier alpha value is -3.35. The summed E-state index contributed by atoms with van der Waals surface area (Å²) in [5.41, 5.74) is 2.07. The second-order valence-electron chi connectivity index (χ2n) is 10.5. The Kier molecular flexibility index (Phi) is 7.09. The highest BCUT2D eigenvalue weighted by Crippen LogP contribution is 2.41. The number of ether oxygens (including phenoxy) is 1. The van der Waals surface area contributed by atoms with Crippen molar-refractivity contribution in [3.8, 4) is 27.7 Å². The van der Waals surface area contributed by atoms with Crippen LogP contribution in [0.4, 0.5) is 0 Å². The van der Waals surface area contributed by atoms with Crippen molar-refractivity contribution in [2.75, 3.05) is 13.1 Å². The molecule has 5 nitrogen and oxygen atoms in total. The molecule has 0 spiro atoms. The summed E-state index contributed by atoms with van der Waals surface area (Å²) in [7, 11) is 0. The molecule has 4 aromatic rings. The van der Waals surface area contributed by atoms with Gasteiger partial charge in [0.05, 0.1) is 0 Å². The minimum Gasteiger partial charge on any atom is -0.508 e. The first-order valence-corrected chi connectivity index (χ1v) is 14.5. The second kappa shape index (κ2) is 10.8. The van der Waals surface area contributed by atoms with E-state index in [1.165, 1.54) is 63.0 Å². The van der Waals surface area contributed by atoms with Gasteiger partial charge in [0.25, 0.3) is 0 Å². The highest BCUT2D eigenvalue weighted by Gasteiger charge is 2.32. The molecule has 2 heterocycles. The first-order chi connectivity index (χ1) is 18.6. The quantitative estimate of drug-likeness (QED) is 0.256. The van der Waals surface area contributed by atoms with E-state index in [2.05, 4.69) is 4.90 Å². The van der Waals surface area contributed by atoms with E-state index in [4.69, 9.17) is 4.74 Å². The summed E-state index contributed by atoms with van der Waals surface area (Å²) < 4.78 is 7.38. The van der Waals surface area contributed by atoms with Crippen molar-refractivity contribution in [3.05, 3.63) is 77.9 Å².